The van der Waals surface area contributed by atoms with Crippen molar-refractivity contribution in [2.45, 2.75) is 39.7 Å². The summed E-state index contributed by atoms with van der Waals surface area (Å²) in [6.07, 6.45) is 3.65. The van der Waals surface area contributed by atoms with Crippen molar-refractivity contribution in [3.05, 3.63) is 32.2 Å². The summed E-state index contributed by atoms with van der Waals surface area (Å²) in [7, 11) is 3.62. The lowest BCUT2D eigenvalue weighted by molar-refractivity contribution is 0.218. The molecule has 3 aromatic rings. The first-order valence-electron chi connectivity index (χ1n) is 9.28. The molecule has 0 aliphatic carbocycles. The van der Waals surface area contributed by atoms with E-state index in [1.165, 1.54) is 28.4 Å². The van der Waals surface area contributed by atoms with Gasteiger partial charge in [-0.3, -0.25) is 18.3 Å². The first kappa shape index (κ1) is 17.1. The molecule has 4 heterocycles. The van der Waals surface area contributed by atoms with Crippen LogP contribution in [0.1, 0.15) is 30.7 Å². The van der Waals surface area contributed by atoms with Gasteiger partial charge in [-0.05, 0) is 39.8 Å². The van der Waals surface area contributed by atoms with Gasteiger partial charge >= 0.3 is 5.69 Å². The van der Waals surface area contributed by atoms with E-state index in [4.69, 9.17) is 0 Å². The van der Waals surface area contributed by atoms with Gasteiger partial charge in [0.25, 0.3) is 5.56 Å². The third kappa shape index (κ3) is 2.35. The Morgan fingerprint density at radius 3 is 2.31 bits per heavy atom. The van der Waals surface area contributed by atoms with E-state index in [1.54, 1.807) is 7.05 Å². The van der Waals surface area contributed by atoms with Gasteiger partial charge in [-0.15, -0.1) is 0 Å². The number of rotatable bonds is 3. The fourth-order valence-corrected chi connectivity index (χ4v) is 4.03. The lowest BCUT2D eigenvalue weighted by Gasteiger charge is -2.26. The molecule has 8 nitrogen and oxygen atoms in total. The highest BCUT2D eigenvalue weighted by Gasteiger charge is 2.21. The third-order valence-corrected chi connectivity index (χ3v) is 5.88. The molecule has 1 aliphatic heterocycles. The van der Waals surface area contributed by atoms with Gasteiger partial charge in [-0.25, -0.2) is 4.79 Å². The molecule has 0 unspecified atom stereocenters. The van der Waals surface area contributed by atoms with Gasteiger partial charge in [0.05, 0.1) is 0 Å². The minimum absolute atomic E-state index is 0.249. The van der Waals surface area contributed by atoms with Crippen LogP contribution in [0.25, 0.3) is 16.9 Å². The van der Waals surface area contributed by atoms with Crippen molar-refractivity contribution in [2.24, 2.45) is 14.1 Å². The molecule has 0 saturated carbocycles. The number of hydrogen-bond donors (Lipinski definition) is 0. The van der Waals surface area contributed by atoms with Crippen LogP contribution in [-0.2, 0) is 20.6 Å². The number of aryl methyl sites for hydroxylation is 3. The lowest BCUT2D eigenvalue weighted by atomic mass is 10.1. The number of imidazole rings is 2. The van der Waals surface area contributed by atoms with Crippen molar-refractivity contribution < 1.29 is 0 Å². The minimum Gasteiger partial charge on any atom is -0.317 e. The van der Waals surface area contributed by atoms with Crippen LogP contribution in [0.3, 0.4) is 0 Å². The van der Waals surface area contributed by atoms with Crippen molar-refractivity contribution in [3.8, 4) is 0 Å². The predicted molar refractivity (Wildman–Crippen MR) is 101 cm³/mol. The zero-order valence-electron chi connectivity index (χ0n) is 15.9. The summed E-state index contributed by atoms with van der Waals surface area (Å²) in [6.45, 7) is 7.23. The number of likely N-dealkylation sites (tertiary alicyclic amines) is 1. The zero-order chi connectivity index (χ0) is 18.6. The molecule has 4 rings (SSSR count). The van der Waals surface area contributed by atoms with Crippen LogP contribution in [0.15, 0.2) is 9.59 Å². The van der Waals surface area contributed by atoms with E-state index in [-0.39, 0.29) is 11.2 Å². The minimum atomic E-state index is -0.294. The van der Waals surface area contributed by atoms with Crippen LogP contribution < -0.4 is 11.2 Å². The third-order valence-electron chi connectivity index (χ3n) is 5.88. The van der Waals surface area contributed by atoms with Gasteiger partial charge in [-0.1, -0.05) is 6.42 Å². The molecular formula is C18H26N6O2. The maximum absolute atomic E-state index is 13.2. The molecule has 140 valence electrons. The summed E-state index contributed by atoms with van der Waals surface area (Å²) in [6, 6.07) is 0. The van der Waals surface area contributed by atoms with Gasteiger partial charge < -0.3 is 9.47 Å². The van der Waals surface area contributed by atoms with Crippen molar-refractivity contribution in [2.75, 3.05) is 19.6 Å². The van der Waals surface area contributed by atoms with E-state index in [1.807, 2.05) is 29.9 Å². The maximum atomic E-state index is 13.2. The molecule has 8 heteroatoms. The average molecular weight is 358 g/mol. The van der Waals surface area contributed by atoms with E-state index in [0.717, 1.165) is 31.0 Å². The molecule has 0 atom stereocenters. The second kappa shape index (κ2) is 6.12. The van der Waals surface area contributed by atoms with E-state index < -0.39 is 0 Å². The topological polar surface area (TPSA) is 69.5 Å². The summed E-state index contributed by atoms with van der Waals surface area (Å²) in [5.74, 6) is 0.691. The highest BCUT2D eigenvalue weighted by Crippen LogP contribution is 2.19. The molecule has 0 N–H and O–H groups in total. The number of fused-ring (bicyclic) bond motifs is 3. The molecule has 0 spiro atoms. The van der Waals surface area contributed by atoms with Crippen molar-refractivity contribution in [3.63, 3.8) is 0 Å². The predicted octanol–water partition coefficient (Wildman–Crippen LogP) is 0.789. The highest BCUT2D eigenvalue weighted by molar-refractivity contribution is 5.76. The molecule has 0 amide bonds. The Kier molecular flexibility index (Phi) is 4.02. The van der Waals surface area contributed by atoms with Gasteiger partial charge in [-0.2, -0.15) is 4.98 Å². The number of nitrogens with zero attached hydrogens (tertiary/aromatic N) is 6. The van der Waals surface area contributed by atoms with E-state index in [2.05, 4.69) is 9.88 Å². The molecule has 1 saturated heterocycles. The summed E-state index contributed by atoms with van der Waals surface area (Å²) < 4.78 is 6.70. The monoisotopic (exact) mass is 358 g/mol. The summed E-state index contributed by atoms with van der Waals surface area (Å²) in [4.78, 5) is 32.9. The molecule has 1 aliphatic rings. The molecule has 1 fully saturated rings. The summed E-state index contributed by atoms with van der Waals surface area (Å²) in [5, 5.41) is 0. The van der Waals surface area contributed by atoms with Crippen LogP contribution in [0.5, 0.6) is 0 Å². The number of aromatic nitrogens is 5. The Balaban J connectivity index is 1.88. The maximum Gasteiger partial charge on any atom is 0.332 e. The van der Waals surface area contributed by atoms with Crippen LogP contribution in [0.2, 0.25) is 0 Å². The Hall–Kier alpha value is -2.35. The fraction of sp³-hybridized carbons (Fsp3) is 0.611. The Bertz CT molecular complexity index is 1110. The van der Waals surface area contributed by atoms with Crippen LogP contribution in [-0.4, -0.2) is 47.6 Å². The van der Waals surface area contributed by atoms with E-state index in [9.17, 15) is 9.59 Å². The second-order valence-corrected chi connectivity index (χ2v) is 7.35. The average Bonchev–Trinajstić information content (AvgIpc) is 3.14. The first-order valence-corrected chi connectivity index (χ1v) is 9.28. The Labute approximate surface area is 151 Å². The largest absolute Gasteiger partial charge is 0.332 e. The van der Waals surface area contributed by atoms with Crippen molar-refractivity contribution >= 4 is 16.9 Å². The lowest BCUT2D eigenvalue weighted by Crippen LogP contribution is -2.43. The Morgan fingerprint density at radius 1 is 0.923 bits per heavy atom. The molecule has 0 bridgehead atoms. The number of hydrogen-bond acceptors (Lipinski definition) is 4. The molecule has 0 aromatic carbocycles. The van der Waals surface area contributed by atoms with E-state index >= 15 is 0 Å². The first-order chi connectivity index (χ1) is 12.4. The fourth-order valence-electron chi connectivity index (χ4n) is 4.03. The quantitative estimate of drug-likeness (QED) is 0.694. The van der Waals surface area contributed by atoms with E-state index in [0.29, 0.717) is 23.5 Å². The van der Waals surface area contributed by atoms with Gasteiger partial charge in [0, 0.05) is 38.6 Å². The SMILES string of the molecule is Cc1c(C)n2c3c(=O)n(CCN4CCCCC4)c(=O)n(C)c3nc2n1C. The summed E-state index contributed by atoms with van der Waals surface area (Å²) >= 11 is 0. The molecule has 26 heavy (non-hydrogen) atoms. The molecular weight excluding hydrogens is 332 g/mol. The Morgan fingerprint density at radius 2 is 1.62 bits per heavy atom. The normalized spacial score (nSPS) is 16.2. The van der Waals surface area contributed by atoms with Crippen molar-refractivity contribution in [1.29, 1.82) is 0 Å². The second-order valence-electron chi connectivity index (χ2n) is 7.35. The van der Waals surface area contributed by atoms with Crippen LogP contribution in [0, 0.1) is 13.8 Å². The highest BCUT2D eigenvalue weighted by atomic mass is 16.2. The van der Waals surface area contributed by atoms with Crippen LogP contribution in [0.4, 0.5) is 0 Å². The van der Waals surface area contributed by atoms with Crippen LogP contribution >= 0.6 is 0 Å². The standard InChI is InChI=1S/C18H26N6O2/c1-12-13(2)24-14-15(19-17(24)20(12)3)21(4)18(26)23(16(14)25)11-10-22-8-6-5-7-9-22/h5-11H2,1-4H3. The zero-order valence-corrected chi connectivity index (χ0v) is 15.9. The number of piperidine rings is 1. The molecule has 0 radical (unpaired) electrons. The van der Waals surface area contributed by atoms with Gasteiger partial charge in [0.1, 0.15) is 0 Å². The van der Waals surface area contributed by atoms with Gasteiger partial charge in [0.2, 0.25) is 5.78 Å². The van der Waals surface area contributed by atoms with Gasteiger partial charge in [0.15, 0.2) is 11.2 Å². The van der Waals surface area contributed by atoms with Crippen molar-refractivity contribution in [1.82, 2.24) is 28.0 Å². The summed E-state index contributed by atoms with van der Waals surface area (Å²) in [5.41, 5.74) is 2.43. The molecule has 3 aromatic heterocycles. The smallest absolute Gasteiger partial charge is 0.317 e.